The predicted octanol–water partition coefficient (Wildman–Crippen LogP) is 3.05. The molecule has 0 bridgehead atoms. The van der Waals surface area contributed by atoms with Gasteiger partial charge in [-0.3, -0.25) is 0 Å². The Balaban J connectivity index is 1.71. The van der Waals surface area contributed by atoms with E-state index in [4.69, 9.17) is 4.74 Å². The fraction of sp³-hybridized carbons (Fsp3) is 1.00. The number of alkyl halides is 1. The smallest absolute Gasteiger partial charge is 0.0710 e. The van der Waals surface area contributed by atoms with E-state index in [0.717, 1.165) is 12.5 Å². The first-order valence-electron chi connectivity index (χ1n) is 6.55. The van der Waals surface area contributed by atoms with Crippen molar-refractivity contribution in [1.82, 2.24) is 4.90 Å². The van der Waals surface area contributed by atoms with Crippen molar-refractivity contribution in [2.24, 2.45) is 5.92 Å². The molecule has 2 nitrogen and oxygen atoms in total. The zero-order valence-corrected chi connectivity index (χ0v) is 12.1. The molecule has 0 saturated carbocycles. The average Bonchev–Trinajstić information content (AvgIpc) is 2.59. The predicted molar refractivity (Wildman–Crippen MR) is 71.1 cm³/mol. The highest BCUT2D eigenvalue weighted by Gasteiger charge is 2.33. The van der Waals surface area contributed by atoms with E-state index in [2.05, 4.69) is 34.7 Å². The minimum atomic E-state index is 0.124. The van der Waals surface area contributed by atoms with Gasteiger partial charge in [0.2, 0.25) is 0 Å². The van der Waals surface area contributed by atoms with Crippen LogP contribution in [0, 0.1) is 5.92 Å². The Bertz CT molecular complexity index is 224. The van der Waals surface area contributed by atoms with E-state index in [0.29, 0.717) is 6.10 Å². The van der Waals surface area contributed by atoms with Crippen molar-refractivity contribution in [2.45, 2.75) is 51.2 Å². The summed E-state index contributed by atoms with van der Waals surface area (Å²) in [6.07, 6.45) is 5.64. The molecule has 0 aliphatic carbocycles. The van der Waals surface area contributed by atoms with E-state index in [1.54, 1.807) is 0 Å². The van der Waals surface area contributed by atoms with Crippen LogP contribution in [0.4, 0.5) is 0 Å². The van der Waals surface area contributed by atoms with Gasteiger partial charge in [-0.05, 0) is 58.5 Å². The Morgan fingerprint density at radius 3 is 2.44 bits per heavy atom. The third kappa shape index (κ3) is 3.44. The second-order valence-corrected chi connectivity index (χ2v) is 6.58. The molecule has 94 valence electrons. The van der Waals surface area contributed by atoms with Crippen LogP contribution in [0.5, 0.6) is 0 Å². The molecule has 2 saturated heterocycles. The van der Waals surface area contributed by atoms with Crippen LogP contribution in [0.1, 0.15) is 39.5 Å². The second kappa shape index (κ2) is 5.36. The summed E-state index contributed by atoms with van der Waals surface area (Å²) in [6, 6.07) is 0. The van der Waals surface area contributed by atoms with Gasteiger partial charge in [0.1, 0.15) is 0 Å². The van der Waals surface area contributed by atoms with E-state index in [9.17, 15) is 0 Å². The summed E-state index contributed by atoms with van der Waals surface area (Å²) in [6.45, 7) is 8.10. The number of halogens is 1. The molecule has 0 aromatic carbocycles. The van der Waals surface area contributed by atoms with E-state index < -0.39 is 0 Å². The Kier molecular flexibility index (Phi) is 4.31. The Hall–Kier alpha value is 0.400. The van der Waals surface area contributed by atoms with E-state index in [1.807, 2.05) is 0 Å². The molecule has 0 spiro atoms. The minimum Gasteiger partial charge on any atom is -0.371 e. The van der Waals surface area contributed by atoms with Gasteiger partial charge in [0.15, 0.2) is 0 Å². The van der Waals surface area contributed by atoms with Gasteiger partial charge in [-0.1, -0.05) is 15.9 Å². The number of ether oxygens (including phenoxy) is 1. The Morgan fingerprint density at radius 2 is 1.94 bits per heavy atom. The number of hydrogen-bond acceptors (Lipinski definition) is 2. The van der Waals surface area contributed by atoms with Gasteiger partial charge < -0.3 is 9.64 Å². The van der Waals surface area contributed by atoms with Gasteiger partial charge in [0.25, 0.3) is 0 Å². The number of piperidine rings is 1. The van der Waals surface area contributed by atoms with Gasteiger partial charge in [-0.2, -0.15) is 0 Å². The average molecular weight is 290 g/mol. The van der Waals surface area contributed by atoms with Crippen LogP contribution < -0.4 is 0 Å². The quantitative estimate of drug-likeness (QED) is 0.741. The first kappa shape index (κ1) is 12.8. The molecule has 0 aromatic heterocycles. The zero-order chi connectivity index (χ0) is 11.6. The summed E-state index contributed by atoms with van der Waals surface area (Å²) < 4.78 is 6.05. The Morgan fingerprint density at radius 1 is 1.25 bits per heavy atom. The highest BCUT2D eigenvalue weighted by molar-refractivity contribution is 9.09. The maximum atomic E-state index is 6.05. The van der Waals surface area contributed by atoms with Gasteiger partial charge in [0.05, 0.1) is 11.7 Å². The molecule has 0 aromatic rings. The minimum absolute atomic E-state index is 0.124. The molecule has 0 N–H and O–H groups in total. The standard InChI is InChI=1S/C13H24BrNO/c1-13(2)6-3-12(16-13)10-15-7-4-11(9-14)5-8-15/h11-12H,3-10H2,1-2H3. The molecule has 2 heterocycles. The lowest BCUT2D eigenvalue weighted by molar-refractivity contribution is -0.0316. The molecule has 1 unspecified atom stereocenters. The Labute approximate surface area is 108 Å². The molecule has 0 radical (unpaired) electrons. The van der Waals surface area contributed by atoms with Crippen molar-refractivity contribution < 1.29 is 4.74 Å². The summed E-state index contributed by atoms with van der Waals surface area (Å²) in [7, 11) is 0. The first-order valence-corrected chi connectivity index (χ1v) is 7.67. The van der Waals surface area contributed by atoms with Crippen LogP contribution in [0.25, 0.3) is 0 Å². The van der Waals surface area contributed by atoms with Crippen molar-refractivity contribution in [3.63, 3.8) is 0 Å². The topological polar surface area (TPSA) is 12.5 Å². The van der Waals surface area contributed by atoms with Gasteiger partial charge >= 0.3 is 0 Å². The second-order valence-electron chi connectivity index (χ2n) is 5.94. The monoisotopic (exact) mass is 289 g/mol. The molecular formula is C13H24BrNO. The van der Waals surface area contributed by atoms with Crippen LogP contribution >= 0.6 is 15.9 Å². The summed E-state index contributed by atoms with van der Waals surface area (Å²) in [4.78, 5) is 2.59. The number of hydrogen-bond donors (Lipinski definition) is 0. The normalized spacial score (nSPS) is 32.1. The largest absolute Gasteiger partial charge is 0.371 e. The fourth-order valence-electron chi connectivity index (χ4n) is 2.82. The van der Waals surface area contributed by atoms with Crippen molar-refractivity contribution in [3.8, 4) is 0 Å². The number of rotatable bonds is 3. The lowest BCUT2D eigenvalue weighted by atomic mass is 9.98. The van der Waals surface area contributed by atoms with Gasteiger partial charge in [-0.25, -0.2) is 0 Å². The number of nitrogens with zero attached hydrogens (tertiary/aromatic N) is 1. The van der Waals surface area contributed by atoms with Gasteiger partial charge in [-0.15, -0.1) is 0 Å². The lowest BCUT2D eigenvalue weighted by Gasteiger charge is -2.33. The molecule has 16 heavy (non-hydrogen) atoms. The maximum Gasteiger partial charge on any atom is 0.0710 e. The van der Waals surface area contributed by atoms with E-state index in [1.165, 1.54) is 44.1 Å². The summed E-state index contributed by atoms with van der Waals surface area (Å²) in [5.74, 6) is 0.900. The highest BCUT2D eigenvalue weighted by atomic mass is 79.9. The van der Waals surface area contributed by atoms with Crippen molar-refractivity contribution in [1.29, 1.82) is 0 Å². The van der Waals surface area contributed by atoms with Crippen molar-refractivity contribution in [2.75, 3.05) is 25.0 Å². The SMILES string of the molecule is CC1(C)CCC(CN2CCC(CBr)CC2)O1. The van der Waals surface area contributed by atoms with Gasteiger partial charge in [0, 0.05) is 11.9 Å². The fourth-order valence-corrected chi connectivity index (χ4v) is 3.46. The molecule has 2 rings (SSSR count). The van der Waals surface area contributed by atoms with Crippen LogP contribution in [0.2, 0.25) is 0 Å². The third-order valence-corrected chi connectivity index (χ3v) is 4.86. The molecule has 2 aliphatic rings. The molecule has 3 heteroatoms. The van der Waals surface area contributed by atoms with E-state index in [-0.39, 0.29) is 5.60 Å². The third-order valence-electron chi connectivity index (χ3n) is 3.94. The van der Waals surface area contributed by atoms with Crippen LogP contribution in [0.3, 0.4) is 0 Å². The molecular weight excluding hydrogens is 266 g/mol. The zero-order valence-electron chi connectivity index (χ0n) is 10.5. The summed E-state index contributed by atoms with van der Waals surface area (Å²) in [5, 5.41) is 1.17. The number of likely N-dealkylation sites (tertiary alicyclic amines) is 1. The van der Waals surface area contributed by atoms with Crippen LogP contribution in [-0.2, 0) is 4.74 Å². The molecule has 0 amide bonds. The summed E-state index contributed by atoms with van der Waals surface area (Å²) in [5.41, 5.74) is 0.124. The highest BCUT2D eigenvalue weighted by Crippen LogP contribution is 2.30. The first-order chi connectivity index (χ1) is 7.59. The maximum absolute atomic E-state index is 6.05. The molecule has 2 fully saturated rings. The summed E-state index contributed by atoms with van der Waals surface area (Å²) >= 11 is 3.59. The van der Waals surface area contributed by atoms with E-state index >= 15 is 0 Å². The van der Waals surface area contributed by atoms with Crippen LogP contribution in [0.15, 0.2) is 0 Å². The van der Waals surface area contributed by atoms with Crippen molar-refractivity contribution in [3.05, 3.63) is 0 Å². The molecule has 1 atom stereocenters. The van der Waals surface area contributed by atoms with Crippen LogP contribution in [-0.4, -0.2) is 41.6 Å². The molecule has 2 aliphatic heterocycles. The lowest BCUT2D eigenvalue weighted by Crippen LogP contribution is -2.39. The van der Waals surface area contributed by atoms with Crippen molar-refractivity contribution >= 4 is 15.9 Å².